The highest BCUT2D eigenvalue weighted by Gasteiger charge is 2.21. The van der Waals surface area contributed by atoms with E-state index in [9.17, 15) is 4.79 Å². The topological polar surface area (TPSA) is 57.0 Å². The molecule has 4 rings (SSSR count). The maximum Gasteiger partial charge on any atom is 0.261 e. The second kappa shape index (κ2) is 7.11. The molecular weight excluding hydrogens is 326 g/mol. The van der Waals surface area contributed by atoms with Crippen LogP contribution < -0.4 is 5.56 Å². The van der Waals surface area contributed by atoms with Crippen LogP contribution in [0.5, 0.6) is 0 Å². The number of pyridine rings is 1. The van der Waals surface area contributed by atoms with Crippen molar-refractivity contribution >= 4 is 10.9 Å². The van der Waals surface area contributed by atoms with Crippen LogP contribution in [0.25, 0.3) is 10.9 Å². The fourth-order valence-electron chi connectivity index (χ4n) is 3.35. The van der Waals surface area contributed by atoms with Gasteiger partial charge in [0, 0.05) is 37.8 Å². The first-order chi connectivity index (χ1) is 12.7. The van der Waals surface area contributed by atoms with E-state index in [4.69, 9.17) is 9.72 Å². The Labute approximate surface area is 151 Å². The molecule has 1 aliphatic rings. The summed E-state index contributed by atoms with van der Waals surface area (Å²) in [5, 5.41) is 0.634. The lowest BCUT2D eigenvalue weighted by molar-refractivity contribution is 0.130. The van der Waals surface area contributed by atoms with Gasteiger partial charge in [0.05, 0.1) is 17.5 Å². The zero-order valence-corrected chi connectivity index (χ0v) is 14.6. The van der Waals surface area contributed by atoms with Crippen LogP contribution in [-0.4, -0.2) is 28.3 Å². The van der Waals surface area contributed by atoms with Crippen molar-refractivity contribution in [2.24, 2.45) is 5.92 Å². The Morgan fingerprint density at radius 2 is 2.19 bits per heavy atom. The number of rotatable bonds is 2. The lowest BCUT2D eigenvalue weighted by Gasteiger charge is -2.25. The molecule has 130 valence electrons. The summed E-state index contributed by atoms with van der Waals surface area (Å²) in [7, 11) is 1.70. The molecule has 1 aliphatic heterocycles. The first-order valence-corrected chi connectivity index (χ1v) is 8.70. The van der Waals surface area contributed by atoms with Crippen molar-refractivity contribution < 1.29 is 4.74 Å². The first-order valence-electron chi connectivity index (χ1n) is 8.70. The van der Waals surface area contributed by atoms with Gasteiger partial charge in [0.25, 0.3) is 5.56 Å². The minimum atomic E-state index is 0.0232. The molecule has 0 bridgehead atoms. The SMILES string of the molecule is COC[C@@H]1CCc2nc3cc(C#Cc4ccccn4)ccc3c(=O)n2C1. The van der Waals surface area contributed by atoms with Crippen molar-refractivity contribution in [1.29, 1.82) is 0 Å². The summed E-state index contributed by atoms with van der Waals surface area (Å²) in [6.45, 7) is 1.35. The second-order valence-electron chi connectivity index (χ2n) is 6.50. The highest BCUT2D eigenvalue weighted by Crippen LogP contribution is 2.20. The van der Waals surface area contributed by atoms with Gasteiger partial charge in [-0.3, -0.25) is 9.36 Å². The zero-order chi connectivity index (χ0) is 17.9. The number of aryl methyl sites for hydroxylation is 1. The van der Waals surface area contributed by atoms with Gasteiger partial charge in [-0.2, -0.15) is 0 Å². The maximum atomic E-state index is 12.8. The average Bonchev–Trinajstić information content (AvgIpc) is 2.68. The summed E-state index contributed by atoms with van der Waals surface area (Å²) in [5.74, 6) is 7.35. The number of nitrogens with zero attached hydrogens (tertiary/aromatic N) is 3. The third-order valence-electron chi connectivity index (χ3n) is 4.65. The molecule has 0 amide bonds. The number of benzene rings is 1. The molecular formula is C21H19N3O2. The van der Waals surface area contributed by atoms with E-state index in [1.54, 1.807) is 17.9 Å². The molecule has 0 aliphatic carbocycles. The average molecular weight is 345 g/mol. The van der Waals surface area contributed by atoms with Gasteiger partial charge in [0.2, 0.25) is 0 Å². The maximum absolute atomic E-state index is 12.8. The lowest BCUT2D eigenvalue weighted by atomic mass is 9.99. The molecule has 0 saturated carbocycles. The normalized spacial score (nSPS) is 16.0. The van der Waals surface area contributed by atoms with Gasteiger partial charge in [0.1, 0.15) is 11.5 Å². The summed E-state index contributed by atoms with van der Waals surface area (Å²) in [4.78, 5) is 21.8. The van der Waals surface area contributed by atoms with E-state index in [0.29, 0.717) is 30.0 Å². The Balaban J connectivity index is 1.71. The second-order valence-corrected chi connectivity index (χ2v) is 6.50. The molecule has 3 heterocycles. The van der Waals surface area contributed by atoms with Crippen molar-refractivity contribution in [3.05, 3.63) is 70.0 Å². The van der Waals surface area contributed by atoms with E-state index >= 15 is 0 Å². The minimum Gasteiger partial charge on any atom is -0.384 e. The summed E-state index contributed by atoms with van der Waals surface area (Å²) in [5.41, 5.74) is 2.28. The Morgan fingerprint density at radius 1 is 1.27 bits per heavy atom. The monoisotopic (exact) mass is 345 g/mol. The molecule has 1 atom stereocenters. The number of hydrogen-bond donors (Lipinski definition) is 0. The molecule has 26 heavy (non-hydrogen) atoms. The predicted octanol–water partition coefficient (Wildman–Crippen LogP) is 2.40. The summed E-state index contributed by atoms with van der Waals surface area (Å²) >= 11 is 0. The standard InChI is InChI=1S/C21H19N3O2/c1-26-14-16-7-10-20-23-19-12-15(5-8-17-4-2-3-11-22-17)6-9-18(19)21(25)24(20)13-16/h2-4,6,9,11-12,16H,7,10,13-14H2,1H3/t16-/m1/s1. The predicted molar refractivity (Wildman–Crippen MR) is 99.9 cm³/mol. The van der Waals surface area contributed by atoms with Gasteiger partial charge in [-0.05, 0) is 42.7 Å². The van der Waals surface area contributed by atoms with Gasteiger partial charge < -0.3 is 4.74 Å². The van der Waals surface area contributed by atoms with E-state index in [1.165, 1.54) is 0 Å². The van der Waals surface area contributed by atoms with Gasteiger partial charge in [-0.25, -0.2) is 9.97 Å². The molecule has 5 heteroatoms. The molecule has 0 unspecified atom stereocenters. The van der Waals surface area contributed by atoms with Crippen molar-refractivity contribution in [3.8, 4) is 11.8 Å². The van der Waals surface area contributed by atoms with Crippen LogP contribution in [0.3, 0.4) is 0 Å². The summed E-state index contributed by atoms with van der Waals surface area (Å²) in [6.07, 6.45) is 3.50. The smallest absolute Gasteiger partial charge is 0.261 e. The van der Waals surface area contributed by atoms with Crippen LogP contribution in [0.1, 0.15) is 23.5 Å². The third-order valence-corrected chi connectivity index (χ3v) is 4.65. The highest BCUT2D eigenvalue weighted by molar-refractivity contribution is 5.79. The number of fused-ring (bicyclic) bond motifs is 2. The zero-order valence-electron chi connectivity index (χ0n) is 14.6. The first kappa shape index (κ1) is 16.5. The van der Waals surface area contributed by atoms with Gasteiger partial charge in [-0.15, -0.1) is 0 Å². The largest absolute Gasteiger partial charge is 0.384 e. The molecule has 2 aromatic heterocycles. The third kappa shape index (κ3) is 3.24. The molecule has 0 radical (unpaired) electrons. The van der Waals surface area contributed by atoms with Crippen LogP contribution in [0.15, 0.2) is 47.4 Å². The van der Waals surface area contributed by atoms with Crippen molar-refractivity contribution in [2.45, 2.75) is 19.4 Å². The Morgan fingerprint density at radius 3 is 3.00 bits per heavy atom. The number of hydrogen-bond acceptors (Lipinski definition) is 4. The Bertz CT molecular complexity index is 1060. The van der Waals surface area contributed by atoms with Crippen LogP contribution >= 0.6 is 0 Å². The van der Waals surface area contributed by atoms with Crippen LogP contribution in [0.4, 0.5) is 0 Å². The molecule has 5 nitrogen and oxygen atoms in total. The van der Waals surface area contributed by atoms with E-state index in [0.717, 1.165) is 29.9 Å². The van der Waals surface area contributed by atoms with E-state index in [-0.39, 0.29) is 5.56 Å². The fourth-order valence-corrected chi connectivity index (χ4v) is 3.35. The van der Waals surface area contributed by atoms with Crippen LogP contribution in [0.2, 0.25) is 0 Å². The quantitative estimate of drug-likeness (QED) is 0.669. The minimum absolute atomic E-state index is 0.0232. The van der Waals surface area contributed by atoms with Crippen molar-refractivity contribution in [1.82, 2.24) is 14.5 Å². The van der Waals surface area contributed by atoms with Crippen LogP contribution in [0, 0.1) is 17.8 Å². The molecule has 0 saturated heterocycles. The number of ether oxygens (including phenoxy) is 1. The van der Waals surface area contributed by atoms with Gasteiger partial charge in [0.15, 0.2) is 0 Å². The van der Waals surface area contributed by atoms with Gasteiger partial charge in [-0.1, -0.05) is 12.0 Å². The molecule has 0 N–H and O–H groups in total. The number of aromatic nitrogens is 3. The highest BCUT2D eigenvalue weighted by atomic mass is 16.5. The van der Waals surface area contributed by atoms with E-state index in [2.05, 4.69) is 16.8 Å². The molecule has 1 aromatic carbocycles. The molecule has 0 fully saturated rings. The summed E-state index contributed by atoms with van der Waals surface area (Å²) in [6, 6.07) is 11.2. The Hall–Kier alpha value is -2.97. The molecule has 0 spiro atoms. The van der Waals surface area contributed by atoms with E-state index in [1.807, 2.05) is 36.4 Å². The number of methoxy groups -OCH3 is 1. The molecule has 3 aromatic rings. The fraction of sp³-hybridized carbons (Fsp3) is 0.286. The summed E-state index contributed by atoms with van der Waals surface area (Å²) < 4.78 is 7.05. The van der Waals surface area contributed by atoms with E-state index < -0.39 is 0 Å². The van der Waals surface area contributed by atoms with Crippen LogP contribution in [-0.2, 0) is 17.7 Å². The van der Waals surface area contributed by atoms with Crippen molar-refractivity contribution in [3.63, 3.8) is 0 Å². The van der Waals surface area contributed by atoms with Crippen molar-refractivity contribution in [2.75, 3.05) is 13.7 Å². The van der Waals surface area contributed by atoms with Gasteiger partial charge >= 0.3 is 0 Å². The Kier molecular flexibility index (Phi) is 4.51. The lowest BCUT2D eigenvalue weighted by Crippen LogP contribution is -2.34.